The van der Waals surface area contributed by atoms with Crippen molar-refractivity contribution in [2.75, 3.05) is 6.54 Å². The maximum Gasteiger partial charge on any atom is 0.223 e. The van der Waals surface area contributed by atoms with Gasteiger partial charge in [-0.2, -0.15) is 0 Å². The van der Waals surface area contributed by atoms with Crippen LogP contribution in [0.25, 0.3) is 0 Å². The number of benzene rings is 2. The summed E-state index contributed by atoms with van der Waals surface area (Å²) in [4.78, 5) is 22.8. The van der Waals surface area contributed by atoms with E-state index in [1.807, 2.05) is 29.2 Å². The van der Waals surface area contributed by atoms with Crippen LogP contribution in [0.1, 0.15) is 23.2 Å². The van der Waals surface area contributed by atoms with Gasteiger partial charge in [0.1, 0.15) is 23.6 Å². The number of nitrogens with zero attached hydrogens (tertiary/aromatic N) is 3. The Balaban J connectivity index is 1.35. The van der Waals surface area contributed by atoms with Crippen LogP contribution >= 0.6 is 0 Å². The zero-order valence-corrected chi connectivity index (χ0v) is 15.3. The first-order valence-electron chi connectivity index (χ1n) is 9.25. The maximum absolute atomic E-state index is 13.0. The molecule has 1 aliphatic rings. The standard InChI is InChI=1S/C22H20FN3O2/c23-18-5-7-19(8-6-18)28-20-3-1-2-16(12-20)4-9-22(27)26-11-10-21-17(14-26)13-24-15-25-21/h1-3,5-8,12-13,15H,4,9-11,14H2. The van der Waals surface area contributed by atoms with Gasteiger partial charge in [-0.15, -0.1) is 0 Å². The van der Waals surface area contributed by atoms with Crippen molar-refractivity contribution in [1.82, 2.24) is 14.9 Å². The summed E-state index contributed by atoms with van der Waals surface area (Å²) in [7, 11) is 0. The lowest BCUT2D eigenvalue weighted by Gasteiger charge is -2.27. The third-order valence-electron chi connectivity index (χ3n) is 4.79. The maximum atomic E-state index is 13.0. The van der Waals surface area contributed by atoms with Crippen molar-refractivity contribution in [2.45, 2.75) is 25.8 Å². The second kappa shape index (κ2) is 8.17. The molecule has 4 rings (SSSR count). The monoisotopic (exact) mass is 377 g/mol. The molecule has 2 heterocycles. The van der Waals surface area contributed by atoms with Gasteiger partial charge >= 0.3 is 0 Å². The Hall–Kier alpha value is -3.28. The summed E-state index contributed by atoms with van der Waals surface area (Å²) in [5.74, 6) is 1.07. The van der Waals surface area contributed by atoms with Gasteiger partial charge in [-0.1, -0.05) is 12.1 Å². The highest BCUT2D eigenvalue weighted by Gasteiger charge is 2.21. The van der Waals surface area contributed by atoms with Crippen LogP contribution in [0.5, 0.6) is 11.5 Å². The van der Waals surface area contributed by atoms with Crippen LogP contribution in [-0.2, 0) is 24.2 Å². The number of carbonyl (C=O) groups is 1. The number of amides is 1. The van der Waals surface area contributed by atoms with Gasteiger partial charge in [0.25, 0.3) is 0 Å². The SMILES string of the molecule is O=C(CCc1cccc(Oc2ccc(F)cc2)c1)N1CCc2ncncc2C1. The van der Waals surface area contributed by atoms with Gasteiger partial charge in [-0.05, 0) is 48.4 Å². The van der Waals surface area contributed by atoms with Crippen molar-refractivity contribution in [3.8, 4) is 11.5 Å². The summed E-state index contributed by atoms with van der Waals surface area (Å²) in [5, 5.41) is 0. The van der Waals surface area contributed by atoms with Gasteiger partial charge in [0, 0.05) is 37.7 Å². The molecule has 0 aliphatic carbocycles. The Bertz CT molecular complexity index is 976. The number of hydrogen-bond donors (Lipinski definition) is 0. The van der Waals surface area contributed by atoms with E-state index in [4.69, 9.17) is 4.74 Å². The van der Waals surface area contributed by atoms with Crippen LogP contribution in [0.2, 0.25) is 0 Å². The zero-order chi connectivity index (χ0) is 19.3. The fourth-order valence-corrected chi connectivity index (χ4v) is 3.29. The summed E-state index contributed by atoms with van der Waals surface area (Å²) >= 11 is 0. The predicted molar refractivity (Wildman–Crippen MR) is 102 cm³/mol. The molecule has 0 radical (unpaired) electrons. The van der Waals surface area contributed by atoms with Gasteiger partial charge in [0.15, 0.2) is 0 Å². The van der Waals surface area contributed by atoms with E-state index < -0.39 is 0 Å². The Morgan fingerprint density at radius 3 is 2.86 bits per heavy atom. The summed E-state index contributed by atoms with van der Waals surface area (Å²) in [6.07, 6.45) is 5.18. The summed E-state index contributed by atoms with van der Waals surface area (Å²) in [5.41, 5.74) is 3.08. The minimum absolute atomic E-state index is 0.124. The summed E-state index contributed by atoms with van der Waals surface area (Å²) < 4.78 is 18.8. The molecule has 0 spiro atoms. The van der Waals surface area contributed by atoms with Crippen molar-refractivity contribution >= 4 is 5.91 Å². The quantitative estimate of drug-likeness (QED) is 0.676. The molecule has 0 saturated heterocycles. The second-order valence-corrected chi connectivity index (χ2v) is 6.76. The first-order valence-corrected chi connectivity index (χ1v) is 9.25. The highest BCUT2D eigenvalue weighted by Crippen LogP contribution is 2.23. The van der Waals surface area contributed by atoms with Crippen molar-refractivity contribution < 1.29 is 13.9 Å². The third kappa shape index (κ3) is 4.34. The van der Waals surface area contributed by atoms with E-state index >= 15 is 0 Å². The molecule has 0 bridgehead atoms. The van der Waals surface area contributed by atoms with Crippen LogP contribution in [0.4, 0.5) is 4.39 Å². The molecule has 1 aliphatic heterocycles. The van der Waals surface area contributed by atoms with Crippen LogP contribution in [0, 0.1) is 5.82 Å². The molecule has 3 aromatic rings. The lowest BCUT2D eigenvalue weighted by molar-refractivity contribution is -0.132. The van der Waals surface area contributed by atoms with E-state index in [1.54, 1.807) is 24.7 Å². The lowest BCUT2D eigenvalue weighted by Crippen LogP contribution is -2.36. The number of aryl methyl sites for hydroxylation is 1. The minimum Gasteiger partial charge on any atom is -0.457 e. The van der Waals surface area contributed by atoms with Crippen LogP contribution in [-0.4, -0.2) is 27.3 Å². The smallest absolute Gasteiger partial charge is 0.223 e. The number of aromatic nitrogens is 2. The van der Waals surface area contributed by atoms with Crippen LogP contribution in [0.15, 0.2) is 61.1 Å². The molecule has 5 nitrogen and oxygen atoms in total. The average Bonchev–Trinajstić information content (AvgIpc) is 2.73. The first kappa shape index (κ1) is 18.1. The number of carbonyl (C=O) groups excluding carboxylic acids is 1. The Morgan fingerprint density at radius 2 is 2.00 bits per heavy atom. The van der Waals surface area contributed by atoms with Gasteiger partial charge < -0.3 is 9.64 Å². The average molecular weight is 377 g/mol. The molecule has 0 saturated carbocycles. The van der Waals surface area contributed by atoms with E-state index in [9.17, 15) is 9.18 Å². The van der Waals surface area contributed by atoms with E-state index in [1.165, 1.54) is 12.1 Å². The lowest BCUT2D eigenvalue weighted by atomic mass is 10.1. The number of rotatable bonds is 5. The summed E-state index contributed by atoms with van der Waals surface area (Å²) in [6.45, 7) is 1.26. The number of halogens is 1. The molecule has 0 unspecified atom stereocenters. The molecule has 0 N–H and O–H groups in total. The minimum atomic E-state index is -0.300. The van der Waals surface area contributed by atoms with E-state index in [0.717, 1.165) is 23.2 Å². The fraction of sp³-hybridized carbons (Fsp3) is 0.227. The van der Waals surface area contributed by atoms with Gasteiger partial charge in [-0.25, -0.2) is 14.4 Å². The number of ether oxygens (including phenoxy) is 1. The van der Waals surface area contributed by atoms with E-state index in [0.29, 0.717) is 37.4 Å². The van der Waals surface area contributed by atoms with Gasteiger partial charge in [-0.3, -0.25) is 4.79 Å². The van der Waals surface area contributed by atoms with Crippen molar-refractivity contribution in [1.29, 1.82) is 0 Å². The van der Waals surface area contributed by atoms with Crippen molar-refractivity contribution in [2.24, 2.45) is 0 Å². The van der Waals surface area contributed by atoms with Crippen molar-refractivity contribution in [3.05, 3.63) is 83.7 Å². The van der Waals surface area contributed by atoms with E-state index in [2.05, 4.69) is 9.97 Å². The third-order valence-corrected chi connectivity index (χ3v) is 4.79. The highest BCUT2D eigenvalue weighted by molar-refractivity contribution is 5.76. The topological polar surface area (TPSA) is 55.3 Å². The Kier molecular flexibility index (Phi) is 5.28. The summed E-state index contributed by atoms with van der Waals surface area (Å²) in [6, 6.07) is 13.5. The molecular weight excluding hydrogens is 357 g/mol. The normalized spacial score (nSPS) is 13.1. The highest BCUT2D eigenvalue weighted by atomic mass is 19.1. The molecule has 142 valence electrons. The second-order valence-electron chi connectivity index (χ2n) is 6.76. The fourth-order valence-electron chi connectivity index (χ4n) is 3.29. The largest absolute Gasteiger partial charge is 0.457 e. The van der Waals surface area contributed by atoms with Gasteiger partial charge in [0.2, 0.25) is 5.91 Å². The predicted octanol–water partition coefficient (Wildman–Crippen LogP) is 3.93. The zero-order valence-electron chi connectivity index (χ0n) is 15.3. The molecule has 0 atom stereocenters. The first-order chi connectivity index (χ1) is 13.7. The molecule has 6 heteroatoms. The van der Waals surface area contributed by atoms with Crippen molar-refractivity contribution in [3.63, 3.8) is 0 Å². The van der Waals surface area contributed by atoms with Gasteiger partial charge in [0.05, 0.1) is 5.69 Å². The van der Waals surface area contributed by atoms with Crippen LogP contribution in [0.3, 0.4) is 0 Å². The molecule has 28 heavy (non-hydrogen) atoms. The molecular formula is C22H20FN3O2. The molecule has 2 aromatic carbocycles. The van der Waals surface area contributed by atoms with E-state index in [-0.39, 0.29) is 11.7 Å². The molecule has 1 amide bonds. The molecule has 1 aromatic heterocycles. The Morgan fingerprint density at radius 1 is 1.14 bits per heavy atom. The molecule has 0 fully saturated rings. The van der Waals surface area contributed by atoms with Crippen LogP contribution < -0.4 is 4.74 Å². The number of fused-ring (bicyclic) bond motifs is 1. The number of hydrogen-bond acceptors (Lipinski definition) is 4. The Labute approximate surface area is 162 Å².